The van der Waals surface area contributed by atoms with Gasteiger partial charge in [-0.2, -0.15) is 14.9 Å². The highest BCUT2D eigenvalue weighted by atomic mass is 79.9. The van der Waals surface area contributed by atoms with Crippen molar-refractivity contribution in [2.75, 3.05) is 0 Å². The van der Waals surface area contributed by atoms with Crippen molar-refractivity contribution in [2.24, 2.45) is 7.05 Å². The molecule has 0 fully saturated rings. The van der Waals surface area contributed by atoms with E-state index in [0.717, 1.165) is 5.56 Å². The second-order valence-corrected chi connectivity index (χ2v) is 7.43. The van der Waals surface area contributed by atoms with Gasteiger partial charge in [-0.3, -0.25) is 4.68 Å². The first-order chi connectivity index (χ1) is 11.2. The predicted octanol–water partition coefficient (Wildman–Crippen LogP) is 4.03. The lowest BCUT2D eigenvalue weighted by atomic mass is 10.2. The van der Waals surface area contributed by atoms with Crippen molar-refractivity contribution in [2.45, 2.75) is 26.4 Å². The molecule has 3 aromatic heterocycles. The molecule has 0 aliphatic heterocycles. The van der Waals surface area contributed by atoms with Crippen LogP contribution in [0.4, 0.5) is 4.79 Å². The summed E-state index contributed by atoms with van der Waals surface area (Å²) in [5.41, 5.74) is 1.63. The van der Waals surface area contributed by atoms with Gasteiger partial charge < -0.3 is 4.74 Å². The summed E-state index contributed by atoms with van der Waals surface area (Å²) in [6.07, 6.45) is 2.86. The van der Waals surface area contributed by atoms with Crippen LogP contribution in [0.1, 0.15) is 20.8 Å². The molecule has 0 bridgehead atoms. The SMILES string of the molecule is Cn1cc(-c2nn(C(=O)OC(C)(C)C)c3cc(Cl)c(Br)nc23)cn1. The largest absolute Gasteiger partial charge is 0.442 e. The highest BCUT2D eigenvalue weighted by molar-refractivity contribution is 9.10. The van der Waals surface area contributed by atoms with Crippen LogP contribution >= 0.6 is 27.5 Å². The zero-order chi connectivity index (χ0) is 17.6. The zero-order valence-electron chi connectivity index (χ0n) is 13.5. The summed E-state index contributed by atoms with van der Waals surface area (Å²) in [4.78, 5) is 16.9. The fourth-order valence-electron chi connectivity index (χ4n) is 2.18. The minimum absolute atomic E-state index is 0.380. The zero-order valence-corrected chi connectivity index (χ0v) is 15.9. The molecule has 0 unspecified atom stereocenters. The molecule has 3 aromatic rings. The van der Waals surface area contributed by atoms with Gasteiger partial charge in [-0.25, -0.2) is 9.78 Å². The van der Waals surface area contributed by atoms with Gasteiger partial charge in [0.15, 0.2) is 0 Å². The van der Waals surface area contributed by atoms with Crippen LogP contribution in [0.5, 0.6) is 0 Å². The van der Waals surface area contributed by atoms with Crippen LogP contribution < -0.4 is 0 Å². The van der Waals surface area contributed by atoms with Crippen LogP contribution in [-0.2, 0) is 11.8 Å². The first-order valence-electron chi connectivity index (χ1n) is 7.13. The lowest BCUT2D eigenvalue weighted by Crippen LogP contribution is -2.27. The van der Waals surface area contributed by atoms with E-state index in [1.54, 1.807) is 51.0 Å². The Morgan fingerprint density at radius 2 is 2.08 bits per heavy atom. The number of pyridine rings is 1. The van der Waals surface area contributed by atoms with Gasteiger partial charge in [0, 0.05) is 18.8 Å². The quantitative estimate of drug-likeness (QED) is 0.564. The van der Waals surface area contributed by atoms with Crippen LogP contribution in [0.25, 0.3) is 22.3 Å². The maximum Gasteiger partial charge on any atom is 0.435 e. The van der Waals surface area contributed by atoms with Crippen molar-refractivity contribution < 1.29 is 9.53 Å². The first kappa shape index (κ1) is 16.9. The lowest BCUT2D eigenvalue weighted by Gasteiger charge is -2.19. The Kier molecular flexibility index (Phi) is 4.13. The van der Waals surface area contributed by atoms with E-state index in [2.05, 4.69) is 31.1 Å². The van der Waals surface area contributed by atoms with Gasteiger partial charge in [0.05, 0.1) is 11.2 Å². The van der Waals surface area contributed by atoms with Crippen molar-refractivity contribution >= 4 is 44.7 Å². The summed E-state index contributed by atoms with van der Waals surface area (Å²) in [6.45, 7) is 5.38. The van der Waals surface area contributed by atoms with Crippen molar-refractivity contribution in [3.8, 4) is 11.3 Å². The Bertz CT molecular complexity index is 941. The molecule has 0 N–H and O–H groups in total. The molecule has 3 heterocycles. The molecule has 0 spiro atoms. The van der Waals surface area contributed by atoms with E-state index in [9.17, 15) is 4.79 Å². The monoisotopic (exact) mass is 411 g/mol. The second kappa shape index (κ2) is 5.86. The van der Waals surface area contributed by atoms with Crippen LogP contribution in [0.3, 0.4) is 0 Å². The number of carbonyl (C=O) groups is 1. The molecule has 0 saturated heterocycles. The van der Waals surface area contributed by atoms with Gasteiger partial charge >= 0.3 is 6.09 Å². The molecular weight excluding hydrogens is 398 g/mol. The summed E-state index contributed by atoms with van der Waals surface area (Å²) in [7, 11) is 1.80. The van der Waals surface area contributed by atoms with E-state index in [1.807, 2.05) is 0 Å². The number of hydrogen-bond donors (Lipinski definition) is 0. The average molecular weight is 413 g/mol. The minimum Gasteiger partial charge on any atom is -0.442 e. The number of carbonyl (C=O) groups excluding carboxylic acids is 1. The Morgan fingerprint density at radius 3 is 2.67 bits per heavy atom. The van der Waals surface area contributed by atoms with Crippen molar-refractivity contribution in [3.63, 3.8) is 0 Å². The van der Waals surface area contributed by atoms with Gasteiger partial charge in [0.1, 0.15) is 26.9 Å². The predicted molar refractivity (Wildman–Crippen MR) is 94.1 cm³/mol. The number of ether oxygens (including phenoxy) is 1. The Balaban J connectivity index is 2.23. The Morgan fingerprint density at radius 1 is 1.38 bits per heavy atom. The highest BCUT2D eigenvalue weighted by Crippen LogP contribution is 2.31. The molecule has 3 rings (SSSR count). The smallest absolute Gasteiger partial charge is 0.435 e. The summed E-state index contributed by atoms with van der Waals surface area (Å²) in [6, 6.07) is 1.63. The molecule has 0 amide bonds. The molecule has 0 radical (unpaired) electrons. The van der Waals surface area contributed by atoms with Crippen LogP contribution in [0, 0.1) is 0 Å². The van der Waals surface area contributed by atoms with Gasteiger partial charge in [-0.1, -0.05) is 11.6 Å². The number of rotatable bonds is 1. The number of aromatic nitrogens is 5. The fourth-order valence-corrected chi connectivity index (χ4v) is 2.61. The summed E-state index contributed by atoms with van der Waals surface area (Å²) < 4.78 is 8.72. The van der Waals surface area contributed by atoms with Crippen LogP contribution in [-0.4, -0.2) is 36.2 Å². The summed E-state index contributed by atoms with van der Waals surface area (Å²) in [5.74, 6) is 0. The maximum absolute atomic E-state index is 12.5. The maximum atomic E-state index is 12.5. The summed E-state index contributed by atoms with van der Waals surface area (Å²) >= 11 is 9.44. The Labute approximate surface area is 151 Å². The molecule has 126 valence electrons. The molecule has 9 heteroatoms. The molecule has 0 aromatic carbocycles. The third-order valence-corrected chi connectivity index (χ3v) is 4.23. The number of hydrogen-bond acceptors (Lipinski definition) is 5. The van der Waals surface area contributed by atoms with Crippen molar-refractivity contribution in [3.05, 3.63) is 28.1 Å². The molecule has 0 saturated carbocycles. The average Bonchev–Trinajstić information content (AvgIpc) is 3.01. The van der Waals surface area contributed by atoms with E-state index >= 15 is 0 Å². The summed E-state index contributed by atoms with van der Waals surface area (Å²) in [5, 5.41) is 8.90. The molecule has 0 atom stereocenters. The third kappa shape index (κ3) is 3.16. The normalized spacial score (nSPS) is 11.9. The molecular formula is C15H15BrClN5O2. The topological polar surface area (TPSA) is 74.8 Å². The molecule has 0 aliphatic carbocycles. The van der Waals surface area contributed by atoms with Crippen LogP contribution in [0.15, 0.2) is 23.1 Å². The van der Waals surface area contributed by atoms with E-state index < -0.39 is 11.7 Å². The van der Waals surface area contributed by atoms with Gasteiger partial charge in [0.2, 0.25) is 0 Å². The number of fused-ring (bicyclic) bond motifs is 1. The van der Waals surface area contributed by atoms with Gasteiger partial charge in [-0.05, 0) is 42.8 Å². The first-order valence-corrected chi connectivity index (χ1v) is 8.30. The van der Waals surface area contributed by atoms with Crippen molar-refractivity contribution in [1.29, 1.82) is 0 Å². The standard InChI is InChI=1S/C15H15BrClN5O2/c1-15(2,3)24-14(23)22-10-5-9(17)13(16)19-12(10)11(20-22)8-6-18-21(4)7-8/h5-7H,1-4H3. The number of halogens is 2. The van der Waals surface area contributed by atoms with Crippen LogP contribution in [0.2, 0.25) is 5.02 Å². The Hall–Kier alpha value is -1.93. The van der Waals surface area contributed by atoms with E-state index in [0.29, 0.717) is 26.4 Å². The van der Waals surface area contributed by atoms with E-state index in [-0.39, 0.29) is 0 Å². The second-order valence-electron chi connectivity index (χ2n) is 6.27. The number of aryl methyl sites for hydroxylation is 1. The van der Waals surface area contributed by atoms with E-state index in [1.165, 1.54) is 4.68 Å². The third-order valence-electron chi connectivity index (χ3n) is 3.11. The van der Waals surface area contributed by atoms with Crippen molar-refractivity contribution in [1.82, 2.24) is 24.5 Å². The minimum atomic E-state index is -0.642. The number of nitrogens with zero attached hydrogens (tertiary/aromatic N) is 5. The molecule has 7 nitrogen and oxygen atoms in total. The highest BCUT2D eigenvalue weighted by Gasteiger charge is 2.24. The van der Waals surface area contributed by atoms with E-state index in [4.69, 9.17) is 16.3 Å². The molecule has 24 heavy (non-hydrogen) atoms. The lowest BCUT2D eigenvalue weighted by molar-refractivity contribution is 0.0523. The van der Waals surface area contributed by atoms with Gasteiger partial charge in [-0.15, -0.1) is 0 Å². The van der Waals surface area contributed by atoms with Gasteiger partial charge in [0.25, 0.3) is 0 Å². The fraction of sp³-hybridized carbons (Fsp3) is 0.333. The molecule has 0 aliphatic rings.